The topological polar surface area (TPSA) is 32.7 Å². The lowest BCUT2D eigenvalue weighted by molar-refractivity contribution is 0.563. The maximum Gasteiger partial charge on any atom is 0.235 e. The molecule has 4 heteroatoms. The second-order valence-electron chi connectivity index (χ2n) is 3.09. The average molecular weight is 255 g/mol. The Hall–Kier alpha value is -1.12. The van der Waals surface area contributed by atoms with Crippen LogP contribution in [0, 0.1) is 0 Å². The number of carbonyl (C=O) groups excluding carboxylic acids is 1. The van der Waals surface area contributed by atoms with E-state index in [2.05, 4.69) is 20.9 Å². The van der Waals surface area contributed by atoms with Gasteiger partial charge in [-0.25, -0.2) is 9.79 Å². The van der Waals surface area contributed by atoms with Gasteiger partial charge in [-0.15, -0.1) is 0 Å². The van der Waals surface area contributed by atoms with E-state index >= 15 is 0 Å². The zero-order valence-corrected chi connectivity index (χ0v) is 9.71. The molecule has 0 saturated carbocycles. The Morgan fingerprint density at radius 1 is 1.50 bits per heavy atom. The van der Waals surface area contributed by atoms with Crippen molar-refractivity contribution >= 4 is 27.7 Å². The monoisotopic (exact) mass is 254 g/mol. The number of rotatable bonds is 3. The van der Waals surface area contributed by atoms with Crippen LogP contribution >= 0.6 is 15.9 Å². The molecule has 1 aromatic rings. The molecule has 1 rings (SSSR count). The van der Waals surface area contributed by atoms with Gasteiger partial charge in [-0.05, 0) is 33.6 Å². The van der Waals surface area contributed by atoms with E-state index < -0.39 is 0 Å². The van der Waals surface area contributed by atoms with Gasteiger partial charge in [0.1, 0.15) is 0 Å². The molecule has 0 aromatic heterocycles. The smallest absolute Gasteiger partial charge is 0.235 e. The summed E-state index contributed by atoms with van der Waals surface area (Å²) < 4.78 is 1.03. The standard InChI is InChI=1S/C10H11BrN2O/c1-13(2)10-5-8(6-12-7-14)3-4-9(10)11/h3-5H,6H2,1-2H3. The van der Waals surface area contributed by atoms with E-state index in [0.29, 0.717) is 6.54 Å². The SMILES string of the molecule is CN(C)c1cc(CN=C=O)ccc1Br. The van der Waals surface area contributed by atoms with Gasteiger partial charge in [0.25, 0.3) is 0 Å². The molecule has 0 aliphatic rings. The number of benzene rings is 1. The van der Waals surface area contributed by atoms with Crippen molar-refractivity contribution in [3.63, 3.8) is 0 Å². The summed E-state index contributed by atoms with van der Waals surface area (Å²) in [6, 6.07) is 5.87. The summed E-state index contributed by atoms with van der Waals surface area (Å²) in [5, 5.41) is 0. The molecule has 0 amide bonds. The van der Waals surface area contributed by atoms with E-state index in [1.807, 2.05) is 37.2 Å². The van der Waals surface area contributed by atoms with Gasteiger partial charge in [-0.1, -0.05) is 6.07 Å². The third-order valence-corrected chi connectivity index (χ3v) is 2.49. The first kappa shape index (κ1) is 11.0. The minimum Gasteiger partial charge on any atom is -0.377 e. The summed E-state index contributed by atoms with van der Waals surface area (Å²) in [5.41, 5.74) is 2.07. The van der Waals surface area contributed by atoms with Crippen LogP contribution in [-0.4, -0.2) is 20.2 Å². The fourth-order valence-electron chi connectivity index (χ4n) is 1.12. The van der Waals surface area contributed by atoms with E-state index in [0.717, 1.165) is 15.7 Å². The molecule has 0 unspecified atom stereocenters. The molecule has 0 radical (unpaired) electrons. The number of hydrogen-bond acceptors (Lipinski definition) is 3. The van der Waals surface area contributed by atoms with Crippen LogP contribution in [0.25, 0.3) is 0 Å². The van der Waals surface area contributed by atoms with Gasteiger partial charge in [-0.3, -0.25) is 0 Å². The number of isocyanates is 1. The molecule has 74 valence electrons. The predicted octanol–water partition coefficient (Wildman–Crippen LogP) is 2.35. The van der Waals surface area contributed by atoms with Gasteiger partial charge in [0, 0.05) is 18.6 Å². The van der Waals surface area contributed by atoms with Crippen LogP contribution in [0.3, 0.4) is 0 Å². The van der Waals surface area contributed by atoms with Crippen molar-refractivity contribution in [3.8, 4) is 0 Å². The number of nitrogens with zero attached hydrogens (tertiary/aromatic N) is 2. The summed E-state index contributed by atoms with van der Waals surface area (Å²) >= 11 is 3.45. The molecule has 0 heterocycles. The minimum atomic E-state index is 0.387. The second kappa shape index (κ2) is 4.94. The highest BCUT2D eigenvalue weighted by Gasteiger charge is 2.02. The summed E-state index contributed by atoms with van der Waals surface area (Å²) in [5.74, 6) is 0. The Bertz CT molecular complexity index is 370. The molecule has 1 aromatic carbocycles. The molecule has 14 heavy (non-hydrogen) atoms. The lowest BCUT2D eigenvalue weighted by Crippen LogP contribution is -2.09. The van der Waals surface area contributed by atoms with Crippen LogP contribution in [0.4, 0.5) is 5.69 Å². The Kier molecular flexibility index (Phi) is 3.86. The number of anilines is 1. The molecule has 0 bridgehead atoms. The molecule has 0 aliphatic heterocycles. The molecule has 3 nitrogen and oxygen atoms in total. The minimum absolute atomic E-state index is 0.387. The van der Waals surface area contributed by atoms with Gasteiger partial charge >= 0.3 is 0 Å². The van der Waals surface area contributed by atoms with Crippen LogP contribution in [-0.2, 0) is 11.3 Å². The van der Waals surface area contributed by atoms with Crippen molar-refractivity contribution in [2.75, 3.05) is 19.0 Å². The first-order valence-corrected chi connectivity index (χ1v) is 4.94. The Morgan fingerprint density at radius 3 is 2.79 bits per heavy atom. The normalized spacial score (nSPS) is 9.36. The van der Waals surface area contributed by atoms with Crippen molar-refractivity contribution in [1.82, 2.24) is 0 Å². The van der Waals surface area contributed by atoms with E-state index in [9.17, 15) is 4.79 Å². The molecule has 0 aliphatic carbocycles. The summed E-state index contributed by atoms with van der Waals surface area (Å²) in [7, 11) is 3.93. The summed E-state index contributed by atoms with van der Waals surface area (Å²) in [6.07, 6.45) is 1.53. The Labute approximate surface area is 91.6 Å². The predicted molar refractivity (Wildman–Crippen MR) is 60.3 cm³/mol. The molecule has 0 fully saturated rings. The van der Waals surface area contributed by atoms with Crippen LogP contribution in [0.1, 0.15) is 5.56 Å². The molecule has 0 saturated heterocycles. The third-order valence-electron chi connectivity index (χ3n) is 1.82. The van der Waals surface area contributed by atoms with E-state index in [4.69, 9.17) is 0 Å². The van der Waals surface area contributed by atoms with E-state index in [1.54, 1.807) is 0 Å². The van der Waals surface area contributed by atoms with Crippen molar-refractivity contribution in [1.29, 1.82) is 0 Å². The molecular formula is C10H11BrN2O. The number of hydrogen-bond donors (Lipinski definition) is 0. The first-order valence-electron chi connectivity index (χ1n) is 4.14. The zero-order chi connectivity index (χ0) is 10.6. The van der Waals surface area contributed by atoms with Crippen LogP contribution in [0.5, 0.6) is 0 Å². The number of halogens is 1. The largest absolute Gasteiger partial charge is 0.377 e. The average Bonchev–Trinajstić information content (AvgIpc) is 2.16. The van der Waals surface area contributed by atoms with Crippen molar-refractivity contribution in [2.24, 2.45) is 4.99 Å². The van der Waals surface area contributed by atoms with Crippen molar-refractivity contribution in [2.45, 2.75) is 6.54 Å². The Morgan fingerprint density at radius 2 is 2.21 bits per heavy atom. The van der Waals surface area contributed by atoms with Crippen molar-refractivity contribution < 1.29 is 4.79 Å². The Balaban J connectivity index is 2.99. The van der Waals surface area contributed by atoms with Crippen LogP contribution < -0.4 is 4.90 Å². The highest BCUT2D eigenvalue weighted by atomic mass is 79.9. The highest BCUT2D eigenvalue weighted by molar-refractivity contribution is 9.10. The molecule has 0 N–H and O–H groups in total. The fraction of sp³-hybridized carbons (Fsp3) is 0.300. The van der Waals surface area contributed by atoms with Crippen LogP contribution in [0.2, 0.25) is 0 Å². The summed E-state index contributed by atoms with van der Waals surface area (Å²) in [6.45, 7) is 0.387. The third kappa shape index (κ3) is 2.69. The highest BCUT2D eigenvalue weighted by Crippen LogP contribution is 2.25. The van der Waals surface area contributed by atoms with Crippen LogP contribution in [0.15, 0.2) is 27.7 Å². The molecular weight excluding hydrogens is 244 g/mol. The molecule has 0 atom stereocenters. The van der Waals surface area contributed by atoms with Gasteiger partial charge in [0.05, 0.1) is 12.2 Å². The fourth-order valence-corrected chi connectivity index (χ4v) is 1.72. The maximum atomic E-state index is 9.95. The number of aliphatic imine (C=N–C) groups is 1. The lowest BCUT2D eigenvalue weighted by atomic mass is 10.2. The van der Waals surface area contributed by atoms with Gasteiger partial charge in [-0.2, -0.15) is 0 Å². The lowest BCUT2D eigenvalue weighted by Gasteiger charge is -2.15. The van der Waals surface area contributed by atoms with E-state index in [1.165, 1.54) is 6.08 Å². The quantitative estimate of drug-likeness (QED) is 0.613. The second-order valence-corrected chi connectivity index (χ2v) is 3.94. The van der Waals surface area contributed by atoms with Gasteiger partial charge in [0.2, 0.25) is 6.08 Å². The maximum absolute atomic E-state index is 9.95. The van der Waals surface area contributed by atoms with E-state index in [-0.39, 0.29) is 0 Å². The van der Waals surface area contributed by atoms with Gasteiger partial charge < -0.3 is 4.90 Å². The summed E-state index contributed by atoms with van der Waals surface area (Å²) in [4.78, 5) is 15.5. The molecule has 0 spiro atoms. The zero-order valence-electron chi connectivity index (χ0n) is 8.12. The van der Waals surface area contributed by atoms with Gasteiger partial charge in [0.15, 0.2) is 0 Å². The first-order chi connectivity index (χ1) is 6.65. The van der Waals surface area contributed by atoms with Crippen molar-refractivity contribution in [3.05, 3.63) is 28.2 Å².